The Morgan fingerprint density at radius 1 is 1.04 bits per heavy atom. The second-order valence-electron chi connectivity index (χ2n) is 6.98. The standard InChI is InChI=1S/C17H23N3O4S/c1-10-4-3-5-13(11(10)2)20-25(23,24)12-6-7-14-15(8-12)19-17(22)9-16(21)18-14/h6-8,10-11,13,20H,3-5,9H2,1-2H3,(H,18,21)(H,19,22). The van der Waals surface area contributed by atoms with Crippen molar-refractivity contribution >= 4 is 33.2 Å². The van der Waals surface area contributed by atoms with Gasteiger partial charge < -0.3 is 10.6 Å². The molecule has 0 aromatic heterocycles. The van der Waals surface area contributed by atoms with E-state index in [9.17, 15) is 18.0 Å². The van der Waals surface area contributed by atoms with Gasteiger partial charge in [-0.3, -0.25) is 9.59 Å². The van der Waals surface area contributed by atoms with E-state index >= 15 is 0 Å². The number of fused-ring (bicyclic) bond motifs is 1. The summed E-state index contributed by atoms with van der Waals surface area (Å²) in [6, 6.07) is 4.23. The number of carbonyl (C=O) groups is 2. The van der Waals surface area contributed by atoms with Crippen molar-refractivity contribution in [1.29, 1.82) is 0 Å². The predicted molar refractivity (Wildman–Crippen MR) is 94.6 cm³/mol. The molecular formula is C17H23N3O4S. The molecule has 0 radical (unpaired) electrons. The largest absolute Gasteiger partial charge is 0.324 e. The highest BCUT2D eigenvalue weighted by Crippen LogP contribution is 2.32. The summed E-state index contributed by atoms with van der Waals surface area (Å²) < 4.78 is 28.3. The van der Waals surface area contributed by atoms with Crippen molar-refractivity contribution in [1.82, 2.24) is 4.72 Å². The molecule has 7 nitrogen and oxygen atoms in total. The van der Waals surface area contributed by atoms with E-state index in [0.29, 0.717) is 17.3 Å². The molecule has 3 rings (SSSR count). The van der Waals surface area contributed by atoms with Gasteiger partial charge >= 0.3 is 0 Å². The van der Waals surface area contributed by atoms with Gasteiger partial charge in [0.25, 0.3) is 0 Å². The van der Waals surface area contributed by atoms with E-state index in [4.69, 9.17) is 0 Å². The maximum Gasteiger partial charge on any atom is 0.240 e. The van der Waals surface area contributed by atoms with Gasteiger partial charge in [-0.15, -0.1) is 0 Å². The number of rotatable bonds is 3. The van der Waals surface area contributed by atoms with Crippen molar-refractivity contribution in [3.8, 4) is 0 Å². The van der Waals surface area contributed by atoms with Gasteiger partial charge in [-0.2, -0.15) is 0 Å². The highest BCUT2D eigenvalue weighted by molar-refractivity contribution is 7.89. The maximum atomic E-state index is 12.8. The number of benzene rings is 1. The minimum atomic E-state index is -3.71. The first-order valence-corrected chi connectivity index (χ1v) is 10.0. The molecule has 1 aliphatic heterocycles. The topological polar surface area (TPSA) is 104 Å². The Morgan fingerprint density at radius 3 is 2.44 bits per heavy atom. The third kappa shape index (κ3) is 3.85. The molecule has 2 amide bonds. The van der Waals surface area contributed by atoms with Gasteiger partial charge in [0.05, 0.1) is 16.3 Å². The lowest BCUT2D eigenvalue weighted by Gasteiger charge is -2.34. The van der Waals surface area contributed by atoms with Crippen LogP contribution in [0.25, 0.3) is 0 Å². The minimum absolute atomic E-state index is 0.0770. The van der Waals surface area contributed by atoms with Gasteiger partial charge in [-0.1, -0.05) is 26.7 Å². The SMILES string of the molecule is CC1CCCC(NS(=O)(=O)c2ccc3c(c2)NC(=O)CC(=O)N3)C1C. The van der Waals surface area contributed by atoms with Crippen molar-refractivity contribution in [2.24, 2.45) is 11.8 Å². The lowest BCUT2D eigenvalue weighted by Crippen LogP contribution is -2.43. The first-order valence-electron chi connectivity index (χ1n) is 8.52. The zero-order valence-electron chi connectivity index (χ0n) is 14.3. The Bertz CT molecular complexity index is 806. The summed E-state index contributed by atoms with van der Waals surface area (Å²) in [4.78, 5) is 23.3. The molecule has 136 valence electrons. The molecule has 8 heteroatoms. The third-order valence-electron chi connectivity index (χ3n) is 5.18. The lowest BCUT2D eigenvalue weighted by atomic mass is 9.78. The van der Waals surface area contributed by atoms with Crippen LogP contribution in [0, 0.1) is 11.8 Å². The Hall–Kier alpha value is -1.93. The van der Waals surface area contributed by atoms with Gasteiger partial charge in [0, 0.05) is 6.04 Å². The molecule has 1 saturated carbocycles. The summed E-state index contributed by atoms with van der Waals surface area (Å²) in [5, 5.41) is 5.16. The van der Waals surface area contributed by atoms with Gasteiger partial charge in [-0.25, -0.2) is 13.1 Å². The number of hydrogen-bond donors (Lipinski definition) is 3. The number of amides is 2. The predicted octanol–water partition coefficient (Wildman–Crippen LogP) is 2.07. The van der Waals surface area contributed by atoms with Gasteiger partial charge in [0.2, 0.25) is 21.8 Å². The molecule has 3 unspecified atom stereocenters. The second-order valence-corrected chi connectivity index (χ2v) is 8.69. The molecule has 1 heterocycles. The van der Waals surface area contributed by atoms with Crippen molar-refractivity contribution in [2.45, 2.75) is 50.5 Å². The van der Waals surface area contributed by atoms with Crippen LogP contribution in [0.3, 0.4) is 0 Å². The van der Waals surface area contributed by atoms with Crippen LogP contribution in [0.5, 0.6) is 0 Å². The summed E-state index contributed by atoms with van der Waals surface area (Å²) in [6.07, 6.45) is 2.66. The van der Waals surface area contributed by atoms with E-state index < -0.39 is 21.8 Å². The zero-order valence-corrected chi connectivity index (χ0v) is 15.2. The normalized spacial score (nSPS) is 27.0. The molecule has 3 N–H and O–H groups in total. The van der Waals surface area contributed by atoms with Crippen LogP contribution >= 0.6 is 0 Å². The molecule has 2 aliphatic rings. The van der Waals surface area contributed by atoms with E-state index in [2.05, 4.69) is 29.2 Å². The molecule has 1 aliphatic carbocycles. The molecule has 0 spiro atoms. The van der Waals surface area contributed by atoms with E-state index in [1.54, 1.807) is 0 Å². The van der Waals surface area contributed by atoms with Gasteiger partial charge in [-0.05, 0) is 36.5 Å². The Kier molecular flexibility index (Phi) is 4.83. The fourth-order valence-corrected chi connectivity index (χ4v) is 4.84. The summed E-state index contributed by atoms with van der Waals surface area (Å²) in [5.41, 5.74) is 0.693. The molecule has 1 aromatic carbocycles. The first kappa shape index (κ1) is 17.9. The fraction of sp³-hybridized carbons (Fsp3) is 0.529. The van der Waals surface area contributed by atoms with Crippen LogP contribution in [-0.2, 0) is 19.6 Å². The van der Waals surface area contributed by atoms with Crippen molar-refractivity contribution < 1.29 is 18.0 Å². The Balaban J connectivity index is 1.85. The average Bonchev–Trinajstić information content (AvgIpc) is 2.67. The average molecular weight is 365 g/mol. The monoisotopic (exact) mass is 365 g/mol. The number of nitrogens with one attached hydrogen (secondary N) is 3. The molecule has 1 fully saturated rings. The molecule has 25 heavy (non-hydrogen) atoms. The molecular weight excluding hydrogens is 342 g/mol. The molecule has 1 aromatic rings. The van der Waals surface area contributed by atoms with Crippen LogP contribution in [0.4, 0.5) is 11.4 Å². The van der Waals surface area contributed by atoms with Crippen molar-refractivity contribution in [3.63, 3.8) is 0 Å². The number of anilines is 2. The number of hydrogen-bond acceptors (Lipinski definition) is 4. The highest BCUT2D eigenvalue weighted by atomic mass is 32.2. The third-order valence-corrected chi connectivity index (χ3v) is 6.67. The van der Waals surface area contributed by atoms with Gasteiger partial charge in [0.15, 0.2) is 0 Å². The molecule has 0 bridgehead atoms. The molecule has 3 atom stereocenters. The lowest BCUT2D eigenvalue weighted by molar-refractivity contribution is -0.123. The van der Waals surface area contributed by atoms with Crippen LogP contribution in [0.2, 0.25) is 0 Å². The Labute approximate surface area is 147 Å². The Morgan fingerprint density at radius 2 is 1.72 bits per heavy atom. The maximum absolute atomic E-state index is 12.8. The quantitative estimate of drug-likeness (QED) is 0.713. The fourth-order valence-electron chi connectivity index (χ4n) is 3.45. The summed E-state index contributed by atoms with van der Waals surface area (Å²) in [6.45, 7) is 4.22. The summed E-state index contributed by atoms with van der Waals surface area (Å²) in [5.74, 6) is -0.144. The molecule has 0 saturated heterocycles. The summed E-state index contributed by atoms with van der Waals surface area (Å²) in [7, 11) is -3.71. The van der Waals surface area contributed by atoms with E-state index in [-0.39, 0.29) is 23.3 Å². The second kappa shape index (κ2) is 6.76. The van der Waals surface area contributed by atoms with E-state index in [0.717, 1.165) is 19.3 Å². The van der Waals surface area contributed by atoms with Crippen molar-refractivity contribution in [2.75, 3.05) is 10.6 Å². The smallest absolute Gasteiger partial charge is 0.240 e. The zero-order chi connectivity index (χ0) is 18.2. The van der Waals surface area contributed by atoms with Crippen molar-refractivity contribution in [3.05, 3.63) is 18.2 Å². The van der Waals surface area contributed by atoms with Crippen LogP contribution in [0.1, 0.15) is 39.5 Å². The number of sulfonamides is 1. The van der Waals surface area contributed by atoms with E-state index in [1.165, 1.54) is 18.2 Å². The number of carbonyl (C=O) groups excluding carboxylic acids is 2. The van der Waals surface area contributed by atoms with Gasteiger partial charge in [0.1, 0.15) is 6.42 Å². The van der Waals surface area contributed by atoms with E-state index in [1.807, 2.05) is 0 Å². The van der Waals surface area contributed by atoms with Crippen LogP contribution in [-0.4, -0.2) is 26.3 Å². The van der Waals surface area contributed by atoms with Crippen LogP contribution in [0.15, 0.2) is 23.1 Å². The minimum Gasteiger partial charge on any atom is -0.324 e. The summed E-state index contributed by atoms with van der Waals surface area (Å²) >= 11 is 0. The highest BCUT2D eigenvalue weighted by Gasteiger charge is 2.31. The first-order chi connectivity index (χ1) is 11.8. The van der Waals surface area contributed by atoms with Crippen LogP contribution < -0.4 is 15.4 Å².